The second-order valence-electron chi connectivity index (χ2n) is 4.80. The minimum atomic E-state index is -1.08. The predicted octanol–water partition coefficient (Wildman–Crippen LogP) is 0.184. The zero-order valence-corrected chi connectivity index (χ0v) is 12.7. The molecule has 2 rings (SSSR count). The van der Waals surface area contributed by atoms with Crippen molar-refractivity contribution in [3.63, 3.8) is 0 Å². The van der Waals surface area contributed by atoms with Crippen LogP contribution in [0.1, 0.15) is 12.6 Å². The van der Waals surface area contributed by atoms with Gasteiger partial charge >= 0.3 is 5.97 Å². The van der Waals surface area contributed by atoms with E-state index in [4.69, 9.17) is 11.5 Å². The lowest BCUT2D eigenvalue weighted by Gasteiger charge is -2.20. The van der Waals surface area contributed by atoms with Crippen LogP contribution in [0.3, 0.4) is 0 Å². The second kappa shape index (κ2) is 7.26. The molecule has 23 heavy (non-hydrogen) atoms. The summed E-state index contributed by atoms with van der Waals surface area (Å²) in [6.45, 7) is 2.77. The third kappa shape index (κ3) is 3.97. The van der Waals surface area contributed by atoms with Crippen LogP contribution in [0.2, 0.25) is 0 Å². The summed E-state index contributed by atoms with van der Waals surface area (Å²) in [5, 5.41) is 13.2. The van der Waals surface area contributed by atoms with Crippen LogP contribution in [0.25, 0.3) is 0 Å². The first-order chi connectivity index (χ1) is 11.0. The van der Waals surface area contributed by atoms with Gasteiger partial charge in [-0.25, -0.2) is 4.98 Å². The molecule has 0 aliphatic carbocycles. The highest BCUT2D eigenvalue weighted by Crippen LogP contribution is 2.09. The zero-order valence-electron chi connectivity index (χ0n) is 12.7. The number of carbonyl (C=O) groups is 1. The average molecular weight is 315 g/mol. The van der Waals surface area contributed by atoms with Gasteiger partial charge in [-0.1, -0.05) is 5.92 Å². The highest BCUT2D eigenvalue weighted by atomic mass is 16.4. The van der Waals surface area contributed by atoms with Gasteiger partial charge in [0.15, 0.2) is 5.82 Å². The van der Waals surface area contributed by atoms with Crippen molar-refractivity contribution >= 4 is 11.8 Å². The summed E-state index contributed by atoms with van der Waals surface area (Å²) >= 11 is 0. The molecule has 0 aromatic carbocycles. The standard InChI is InChI=1S/C15H17N5O3/c1-3-7-20-8-5-12(17-20)10-18(4-2)14-15(23)19(9-6-16-14)11-13(21)22/h1,5-6,8-9H,4,7,10-11H2,2H3,(H,21,22). The molecule has 0 amide bonds. The predicted molar refractivity (Wildman–Crippen MR) is 83.9 cm³/mol. The number of aromatic nitrogens is 4. The molecule has 8 nitrogen and oxygen atoms in total. The number of rotatable bonds is 7. The van der Waals surface area contributed by atoms with Gasteiger partial charge in [0.05, 0.1) is 12.2 Å². The van der Waals surface area contributed by atoms with Crippen molar-refractivity contribution < 1.29 is 9.90 Å². The lowest BCUT2D eigenvalue weighted by molar-refractivity contribution is -0.137. The Bertz CT molecular complexity index is 787. The lowest BCUT2D eigenvalue weighted by atomic mass is 10.3. The Labute approximate surface area is 133 Å². The van der Waals surface area contributed by atoms with Crippen molar-refractivity contribution in [1.29, 1.82) is 0 Å². The number of carboxylic acid groups (broad SMARTS) is 1. The molecule has 0 atom stereocenters. The number of hydrogen-bond donors (Lipinski definition) is 1. The molecule has 2 heterocycles. The maximum atomic E-state index is 12.3. The Kier molecular flexibility index (Phi) is 5.15. The van der Waals surface area contributed by atoms with Gasteiger partial charge in [-0.3, -0.25) is 18.8 Å². The summed E-state index contributed by atoms with van der Waals surface area (Å²) < 4.78 is 2.74. The summed E-state index contributed by atoms with van der Waals surface area (Å²) in [6, 6.07) is 1.82. The van der Waals surface area contributed by atoms with E-state index in [0.717, 1.165) is 10.3 Å². The van der Waals surface area contributed by atoms with E-state index in [2.05, 4.69) is 16.0 Å². The van der Waals surface area contributed by atoms with Crippen molar-refractivity contribution in [3.05, 3.63) is 40.7 Å². The molecule has 0 radical (unpaired) electrons. The third-order valence-corrected chi connectivity index (χ3v) is 3.18. The molecule has 0 aliphatic heterocycles. The molecule has 120 valence electrons. The van der Waals surface area contributed by atoms with Crippen LogP contribution in [0.4, 0.5) is 5.82 Å². The van der Waals surface area contributed by atoms with Crippen LogP contribution in [0.5, 0.6) is 0 Å². The molecule has 0 fully saturated rings. The van der Waals surface area contributed by atoms with Crippen LogP contribution >= 0.6 is 0 Å². The summed E-state index contributed by atoms with van der Waals surface area (Å²) in [5.74, 6) is 1.61. The van der Waals surface area contributed by atoms with Crippen LogP contribution < -0.4 is 10.5 Å². The molecule has 2 aromatic heterocycles. The maximum absolute atomic E-state index is 12.3. The van der Waals surface area contributed by atoms with Gasteiger partial charge in [-0.15, -0.1) is 6.42 Å². The highest BCUT2D eigenvalue weighted by Gasteiger charge is 2.15. The minimum Gasteiger partial charge on any atom is -0.480 e. The number of terminal acetylenes is 1. The fraction of sp³-hybridized carbons (Fsp3) is 0.333. The van der Waals surface area contributed by atoms with E-state index in [-0.39, 0.29) is 5.82 Å². The number of nitrogens with zero attached hydrogens (tertiary/aromatic N) is 5. The smallest absolute Gasteiger partial charge is 0.323 e. The Morgan fingerprint density at radius 2 is 2.26 bits per heavy atom. The summed E-state index contributed by atoms with van der Waals surface area (Å²) in [5.41, 5.74) is 0.303. The Morgan fingerprint density at radius 1 is 1.48 bits per heavy atom. The molecule has 0 saturated carbocycles. The first-order valence-electron chi connectivity index (χ1n) is 7.03. The molecule has 1 N–H and O–H groups in total. The summed E-state index contributed by atoms with van der Waals surface area (Å²) in [7, 11) is 0. The van der Waals surface area contributed by atoms with Crippen LogP contribution in [-0.4, -0.2) is 37.0 Å². The van der Waals surface area contributed by atoms with Crippen LogP contribution in [0, 0.1) is 12.3 Å². The normalized spacial score (nSPS) is 10.3. The average Bonchev–Trinajstić information content (AvgIpc) is 2.95. The van der Waals surface area contributed by atoms with Gasteiger partial charge in [0, 0.05) is 25.1 Å². The number of hydrogen-bond acceptors (Lipinski definition) is 5. The third-order valence-electron chi connectivity index (χ3n) is 3.18. The van der Waals surface area contributed by atoms with Gasteiger partial charge in [-0.2, -0.15) is 5.10 Å². The van der Waals surface area contributed by atoms with Crippen molar-refractivity contribution in [3.8, 4) is 12.3 Å². The molecule has 2 aromatic rings. The number of anilines is 1. The lowest BCUT2D eigenvalue weighted by Crippen LogP contribution is -2.34. The molecule has 0 spiro atoms. The molecule has 0 unspecified atom stereocenters. The van der Waals surface area contributed by atoms with Gasteiger partial charge in [-0.05, 0) is 13.0 Å². The van der Waals surface area contributed by atoms with E-state index in [0.29, 0.717) is 19.6 Å². The van der Waals surface area contributed by atoms with Gasteiger partial charge in [0.25, 0.3) is 5.56 Å². The molecule has 0 saturated heterocycles. The minimum absolute atomic E-state index is 0.197. The molecular weight excluding hydrogens is 298 g/mol. The molecule has 0 aliphatic rings. The van der Waals surface area contributed by atoms with Gasteiger partial charge in [0.2, 0.25) is 0 Å². The number of carboxylic acids is 1. The van der Waals surface area contributed by atoms with E-state index in [1.165, 1.54) is 12.4 Å². The summed E-state index contributed by atoms with van der Waals surface area (Å²) in [4.78, 5) is 29.0. The largest absolute Gasteiger partial charge is 0.480 e. The Balaban J connectivity index is 2.25. The van der Waals surface area contributed by atoms with Crippen molar-refractivity contribution in [1.82, 2.24) is 19.3 Å². The van der Waals surface area contributed by atoms with E-state index in [1.807, 2.05) is 13.0 Å². The van der Waals surface area contributed by atoms with E-state index in [1.54, 1.807) is 15.8 Å². The van der Waals surface area contributed by atoms with Gasteiger partial charge < -0.3 is 10.0 Å². The number of aliphatic carboxylic acids is 1. The first kappa shape index (κ1) is 16.3. The zero-order chi connectivity index (χ0) is 16.8. The van der Waals surface area contributed by atoms with Crippen LogP contribution in [-0.2, 0) is 24.4 Å². The Hall–Kier alpha value is -3.08. The summed E-state index contributed by atoms with van der Waals surface area (Å²) in [6.07, 6.45) is 9.78. The molecular formula is C15H17N5O3. The monoisotopic (exact) mass is 315 g/mol. The van der Waals surface area contributed by atoms with Crippen molar-refractivity contribution in [2.24, 2.45) is 0 Å². The topological polar surface area (TPSA) is 93.3 Å². The van der Waals surface area contributed by atoms with Gasteiger partial charge in [0.1, 0.15) is 13.1 Å². The van der Waals surface area contributed by atoms with Crippen molar-refractivity contribution in [2.75, 3.05) is 11.4 Å². The van der Waals surface area contributed by atoms with E-state index >= 15 is 0 Å². The van der Waals surface area contributed by atoms with E-state index in [9.17, 15) is 9.59 Å². The Morgan fingerprint density at radius 3 is 2.91 bits per heavy atom. The highest BCUT2D eigenvalue weighted by molar-refractivity contribution is 5.66. The maximum Gasteiger partial charge on any atom is 0.323 e. The second-order valence-corrected chi connectivity index (χ2v) is 4.80. The van der Waals surface area contributed by atoms with E-state index < -0.39 is 18.1 Å². The fourth-order valence-corrected chi connectivity index (χ4v) is 2.12. The SMILES string of the molecule is C#CCn1ccc(CN(CC)c2nccn(CC(=O)O)c2=O)n1. The van der Waals surface area contributed by atoms with Crippen LogP contribution in [0.15, 0.2) is 29.5 Å². The quantitative estimate of drug-likeness (QED) is 0.733. The fourth-order valence-electron chi connectivity index (χ4n) is 2.12. The first-order valence-corrected chi connectivity index (χ1v) is 7.03. The molecule has 8 heteroatoms. The molecule has 0 bridgehead atoms. The van der Waals surface area contributed by atoms with Crippen molar-refractivity contribution in [2.45, 2.75) is 26.6 Å².